The number of phenols is 1. The SMILES string of the molecule is CCc1ccc(OCC(=O)N(C)OC)c(O)c1. The van der Waals surface area contributed by atoms with E-state index in [-0.39, 0.29) is 18.3 Å². The molecule has 0 aliphatic carbocycles. The van der Waals surface area contributed by atoms with Crippen LogP contribution in [0.1, 0.15) is 12.5 Å². The molecule has 0 heterocycles. The molecule has 1 aromatic carbocycles. The molecule has 0 bridgehead atoms. The number of carbonyl (C=O) groups excluding carboxylic acids is 1. The van der Waals surface area contributed by atoms with Crippen molar-refractivity contribution in [3.63, 3.8) is 0 Å². The summed E-state index contributed by atoms with van der Waals surface area (Å²) < 4.78 is 5.20. The Labute approximate surface area is 101 Å². The van der Waals surface area contributed by atoms with E-state index in [4.69, 9.17) is 9.57 Å². The second kappa shape index (κ2) is 6.10. The molecule has 5 heteroatoms. The van der Waals surface area contributed by atoms with Gasteiger partial charge in [-0.1, -0.05) is 13.0 Å². The molecule has 0 atom stereocenters. The molecule has 0 saturated carbocycles. The minimum Gasteiger partial charge on any atom is -0.504 e. The first-order chi connectivity index (χ1) is 8.08. The van der Waals surface area contributed by atoms with Gasteiger partial charge in [-0.15, -0.1) is 0 Å². The van der Waals surface area contributed by atoms with E-state index in [2.05, 4.69) is 0 Å². The van der Waals surface area contributed by atoms with Gasteiger partial charge < -0.3 is 9.84 Å². The van der Waals surface area contributed by atoms with Gasteiger partial charge in [0.25, 0.3) is 5.91 Å². The molecule has 0 spiro atoms. The van der Waals surface area contributed by atoms with Gasteiger partial charge in [-0.3, -0.25) is 9.63 Å². The molecule has 0 unspecified atom stereocenters. The molecule has 0 radical (unpaired) electrons. The van der Waals surface area contributed by atoms with Crippen molar-refractivity contribution in [1.82, 2.24) is 5.06 Å². The normalized spacial score (nSPS) is 10.1. The minimum atomic E-state index is -0.327. The maximum absolute atomic E-state index is 11.4. The summed E-state index contributed by atoms with van der Waals surface area (Å²) in [6, 6.07) is 5.12. The average molecular weight is 239 g/mol. The van der Waals surface area contributed by atoms with Crippen LogP contribution in [0, 0.1) is 0 Å². The third-order valence-electron chi connectivity index (χ3n) is 2.41. The lowest BCUT2D eigenvalue weighted by atomic mass is 10.1. The minimum absolute atomic E-state index is 0.0391. The van der Waals surface area contributed by atoms with E-state index >= 15 is 0 Å². The summed E-state index contributed by atoms with van der Waals surface area (Å²) in [5.74, 6) is 0.00346. The van der Waals surface area contributed by atoms with Gasteiger partial charge in [-0.2, -0.15) is 0 Å². The second-order valence-corrected chi connectivity index (χ2v) is 3.52. The molecular weight excluding hydrogens is 222 g/mol. The van der Waals surface area contributed by atoms with Gasteiger partial charge in [0.2, 0.25) is 0 Å². The molecule has 0 fully saturated rings. The molecule has 94 valence electrons. The van der Waals surface area contributed by atoms with Crippen LogP contribution in [0.2, 0.25) is 0 Å². The number of benzene rings is 1. The number of aromatic hydroxyl groups is 1. The number of carbonyl (C=O) groups is 1. The van der Waals surface area contributed by atoms with Crippen LogP contribution in [0.4, 0.5) is 0 Å². The molecule has 1 amide bonds. The average Bonchev–Trinajstić information content (AvgIpc) is 2.35. The van der Waals surface area contributed by atoms with Gasteiger partial charge in [0.15, 0.2) is 18.1 Å². The van der Waals surface area contributed by atoms with Crippen LogP contribution in [0.15, 0.2) is 18.2 Å². The first-order valence-electron chi connectivity index (χ1n) is 5.33. The highest BCUT2D eigenvalue weighted by atomic mass is 16.7. The molecule has 1 rings (SSSR count). The van der Waals surface area contributed by atoms with E-state index in [0.717, 1.165) is 17.0 Å². The number of likely N-dealkylation sites (N-methyl/N-ethyl adjacent to an activating group) is 1. The van der Waals surface area contributed by atoms with Crippen LogP contribution in [-0.2, 0) is 16.1 Å². The fourth-order valence-corrected chi connectivity index (χ4v) is 1.24. The van der Waals surface area contributed by atoms with Crippen LogP contribution in [0.3, 0.4) is 0 Å². The predicted octanol–water partition coefficient (Wildman–Crippen LogP) is 1.35. The number of phenolic OH excluding ortho intramolecular Hbond substituents is 1. The molecule has 17 heavy (non-hydrogen) atoms. The van der Waals surface area contributed by atoms with Crippen molar-refractivity contribution >= 4 is 5.91 Å². The monoisotopic (exact) mass is 239 g/mol. The number of ether oxygens (including phenoxy) is 1. The van der Waals surface area contributed by atoms with Gasteiger partial charge in [0.05, 0.1) is 7.11 Å². The Morgan fingerprint density at radius 3 is 2.71 bits per heavy atom. The number of rotatable bonds is 5. The Morgan fingerprint density at radius 2 is 2.18 bits per heavy atom. The van der Waals surface area contributed by atoms with E-state index in [1.165, 1.54) is 14.2 Å². The largest absolute Gasteiger partial charge is 0.504 e. The molecule has 0 saturated heterocycles. The van der Waals surface area contributed by atoms with E-state index in [1.54, 1.807) is 12.1 Å². The summed E-state index contributed by atoms with van der Waals surface area (Å²) in [5.41, 5.74) is 1.01. The molecule has 0 aliphatic rings. The fraction of sp³-hybridized carbons (Fsp3) is 0.417. The van der Waals surface area contributed by atoms with Gasteiger partial charge in [0.1, 0.15) is 0 Å². The quantitative estimate of drug-likeness (QED) is 0.788. The third kappa shape index (κ3) is 3.64. The predicted molar refractivity (Wildman–Crippen MR) is 62.8 cm³/mol. The highest BCUT2D eigenvalue weighted by Crippen LogP contribution is 2.26. The summed E-state index contributed by atoms with van der Waals surface area (Å²) in [5, 5.41) is 10.7. The summed E-state index contributed by atoms with van der Waals surface area (Å²) in [4.78, 5) is 16.1. The number of hydrogen-bond acceptors (Lipinski definition) is 4. The van der Waals surface area contributed by atoms with Gasteiger partial charge in [0, 0.05) is 7.05 Å². The Kier molecular flexibility index (Phi) is 4.78. The molecule has 1 N–H and O–H groups in total. The van der Waals surface area contributed by atoms with E-state index < -0.39 is 0 Å². The Bertz CT molecular complexity index is 392. The van der Waals surface area contributed by atoms with E-state index in [9.17, 15) is 9.90 Å². The lowest BCUT2D eigenvalue weighted by Crippen LogP contribution is -2.30. The molecular formula is C12H17NO4. The summed E-state index contributed by atoms with van der Waals surface area (Å²) in [7, 11) is 2.89. The van der Waals surface area contributed by atoms with Crippen LogP contribution in [-0.4, -0.2) is 36.8 Å². The summed E-state index contributed by atoms with van der Waals surface area (Å²) >= 11 is 0. The van der Waals surface area contributed by atoms with Crippen LogP contribution in [0.5, 0.6) is 11.5 Å². The Morgan fingerprint density at radius 1 is 1.47 bits per heavy atom. The first kappa shape index (κ1) is 13.3. The second-order valence-electron chi connectivity index (χ2n) is 3.52. The van der Waals surface area contributed by atoms with Crippen molar-refractivity contribution in [3.05, 3.63) is 23.8 Å². The summed E-state index contributed by atoms with van der Waals surface area (Å²) in [6.45, 7) is 1.82. The lowest BCUT2D eigenvalue weighted by molar-refractivity contribution is -0.170. The van der Waals surface area contributed by atoms with Crippen LogP contribution < -0.4 is 4.74 Å². The Hall–Kier alpha value is -1.75. The van der Waals surface area contributed by atoms with Crippen molar-refractivity contribution in [2.75, 3.05) is 20.8 Å². The maximum atomic E-state index is 11.4. The molecule has 1 aromatic rings. The standard InChI is InChI=1S/C12H17NO4/c1-4-9-5-6-11(10(14)7-9)17-8-12(15)13(2)16-3/h5-7,14H,4,8H2,1-3H3. The summed E-state index contributed by atoms with van der Waals surface area (Å²) in [6.07, 6.45) is 0.833. The van der Waals surface area contributed by atoms with Crippen LogP contribution in [0.25, 0.3) is 0 Å². The number of hydrogen-bond donors (Lipinski definition) is 1. The molecule has 0 aromatic heterocycles. The van der Waals surface area contributed by atoms with Crippen molar-refractivity contribution in [2.45, 2.75) is 13.3 Å². The first-order valence-corrected chi connectivity index (χ1v) is 5.33. The maximum Gasteiger partial charge on any atom is 0.283 e. The van der Waals surface area contributed by atoms with Crippen molar-refractivity contribution in [2.24, 2.45) is 0 Å². The smallest absolute Gasteiger partial charge is 0.283 e. The Balaban J connectivity index is 2.61. The fourth-order valence-electron chi connectivity index (χ4n) is 1.24. The molecule has 0 aliphatic heterocycles. The highest BCUT2D eigenvalue weighted by molar-refractivity contribution is 5.76. The molecule has 5 nitrogen and oxygen atoms in total. The zero-order valence-corrected chi connectivity index (χ0v) is 10.3. The number of nitrogens with zero attached hydrogens (tertiary/aromatic N) is 1. The topological polar surface area (TPSA) is 59.0 Å². The van der Waals surface area contributed by atoms with E-state index in [0.29, 0.717) is 5.75 Å². The van der Waals surface area contributed by atoms with Crippen molar-refractivity contribution in [3.8, 4) is 11.5 Å². The van der Waals surface area contributed by atoms with Crippen molar-refractivity contribution < 1.29 is 19.5 Å². The number of hydroxylamine groups is 2. The van der Waals surface area contributed by atoms with Gasteiger partial charge in [-0.05, 0) is 24.1 Å². The van der Waals surface area contributed by atoms with Gasteiger partial charge in [-0.25, -0.2) is 5.06 Å². The van der Waals surface area contributed by atoms with Crippen molar-refractivity contribution in [1.29, 1.82) is 0 Å². The van der Waals surface area contributed by atoms with Crippen LogP contribution >= 0.6 is 0 Å². The zero-order chi connectivity index (χ0) is 12.8. The highest BCUT2D eigenvalue weighted by Gasteiger charge is 2.10. The number of aryl methyl sites for hydroxylation is 1. The number of amides is 1. The third-order valence-corrected chi connectivity index (χ3v) is 2.41. The van der Waals surface area contributed by atoms with Gasteiger partial charge >= 0.3 is 0 Å². The van der Waals surface area contributed by atoms with E-state index in [1.807, 2.05) is 13.0 Å². The lowest BCUT2D eigenvalue weighted by Gasteiger charge is -2.14. The zero-order valence-electron chi connectivity index (χ0n) is 10.3.